The highest BCUT2D eigenvalue weighted by atomic mass is 16.5. The van der Waals surface area contributed by atoms with Gasteiger partial charge in [0.1, 0.15) is 6.10 Å². The molecular weight excluding hydrogens is 518 g/mol. The van der Waals surface area contributed by atoms with Crippen LogP contribution in [0.2, 0.25) is 0 Å². The highest BCUT2D eigenvalue weighted by molar-refractivity contribution is 5.89. The Morgan fingerprint density at radius 3 is 2.83 bits per heavy atom. The summed E-state index contributed by atoms with van der Waals surface area (Å²) in [5.74, 6) is 1.57. The SMILES string of the molecule is CC(=O)Nc1cccnc1CN(C)C(=O)N1CC[C@@]23CC[C@@H]1[C@@H]1Oc4c(O)ccc5c4[C@@]12CCN(CC1CC1)[C@H]3C5. The fourth-order valence-electron chi connectivity index (χ4n) is 9.60. The molecule has 2 N–H and O–H groups in total. The number of nitrogens with one attached hydrogen (secondary N) is 1. The number of piperidine rings is 1. The van der Waals surface area contributed by atoms with Crippen LogP contribution in [0.15, 0.2) is 30.5 Å². The number of amides is 3. The van der Waals surface area contributed by atoms with Crippen LogP contribution >= 0.6 is 0 Å². The Hall–Kier alpha value is -3.33. The number of fused-ring (bicyclic) bond motifs is 3. The van der Waals surface area contributed by atoms with E-state index in [1.165, 1.54) is 37.4 Å². The van der Waals surface area contributed by atoms with Crippen LogP contribution in [-0.4, -0.2) is 81.6 Å². The average Bonchev–Trinajstić information content (AvgIpc) is 3.74. The highest BCUT2D eigenvalue weighted by Crippen LogP contribution is 2.71. The molecule has 5 fully saturated rings. The number of hydrogen-bond donors (Lipinski definition) is 2. The van der Waals surface area contributed by atoms with Crippen LogP contribution in [0, 0.1) is 11.3 Å². The number of benzene rings is 1. The topological polar surface area (TPSA) is 98.2 Å². The smallest absolute Gasteiger partial charge is 0.320 e. The third kappa shape index (κ3) is 3.47. The van der Waals surface area contributed by atoms with Crippen molar-refractivity contribution in [3.8, 4) is 11.5 Å². The van der Waals surface area contributed by atoms with Gasteiger partial charge in [0.15, 0.2) is 11.5 Å². The Kier molecular flexibility index (Phi) is 5.47. The molecule has 9 nitrogen and oxygen atoms in total. The van der Waals surface area contributed by atoms with E-state index in [9.17, 15) is 14.7 Å². The van der Waals surface area contributed by atoms with Crippen molar-refractivity contribution >= 4 is 17.6 Å². The Morgan fingerprint density at radius 1 is 1.17 bits per heavy atom. The van der Waals surface area contributed by atoms with Gasteiger partial charge in [-0.05, 0) is 81.2 Å². The van der Waals surface area contributed by atoms with Gasteiger partial charge in [0.25, 0.3) is 0 Å². The van der Waals surface area contributed by atoms with Gasteiger partial charge < -0.3 is 25.0 Å². The molecule has 4 bridgehead atoms. The molecule has 2 spiro atoms. The van der Waals surface area contributed by atoms with Crippen LogP contribution in [0.25, 0.3) is 0 Å². The van der Waals surface area contributed by atoms with E-state index < -0.39 is 0 Å². The summed E-state index contributed by atoms with van der Waals surface area (Å²) in [4.78, 5) is 37.1. The number of phenolic OH excluding ortho intramolecular Hbond substituents is 1. The van der Waals surface area contributed by atoms with E-state index in [2.05, 4.69) is 26.2 Å². The number of pyridine rings is 1. The maximum absolute atomic E-state index is 14.2. The van der Waals surface area contributed by atoms with Gasteiger partial charge >= 0.3 is 6.03 Å². The molecule has 0 unspecified atom stereocenters. The van der Waals surface area contributed by atoms with Gasteiger partial charge in [-0.1, -0.05) is 6.07 Å². The molecule has 9 heteroatoms. The molecule has 7 aliphatic rings. The second-order valence-corrected chi connectivity index (χ2v) is 13.4. The second kappa shape index (κ2) is 8.84. The van der Waals surface area contributed by atoms with Gasteiger partial charge in [-0.15, -0.1) is 0 Å². The first-order valence-electron chi connectivity index (χ1n) is 15.3. The molecule has 1 aromatic carbocycles. The van der Waals surface area contributed by atoms with Gasteiger partial charge in [0, 0.05) is 55.7 Å². The van der Waals surface area contributed by atoms with Crippen molar-refractivity contribution in [2.75, 3.05) is 32.0 Å². The highest BCUT2D eigenvalue weighted by Gasteiger charge is 2.74. The first kappa shape index (κ1) is 25.4. The predicted octanol–water partition coefficient (Wildman–Crippen LogP) is 3.89. The van der Waals surface area contributed by atoms with Crippen molar-refractivity contribution in [1.82, 2.24) is 19.7 Å². The standard InChI is InChI=1S/C32H39N5O4/c1-19(38)34-22-4-3-13-33-23(22)18-35(2)30(40)37-15-11-31-10-9-24(37)29-32(31)12-14-36(17-20-5-6-20)26(31)16-21-7-8-25(39)28(41-29)27(21)32/h3-4,7-8,13,20,24,26,29,39H,5-6,9-12,14-18H2,1-2H3,(H,34,38)/t24-,26+,29+,31-,32+/m1/s1. The molecule has 0 radical (unpaired) electrons. The number of aromatic hydroxyl groups is 1. The lowest BCUT2D eigenvalue weighted by Gasteiger charge is -2.66. The van der Waals surface area contributed by atoms with Gasteiger partial charge in [-0.3, -0.25) is 14.7 Å². The number of carbonyl (C=O) groups excluding carboxylic acids is 2. The zero-order chi connectivity index (χ0) is 28.1. The number of urea groups is 1. The molecule has 216 valence electrons. The maximum Gasteiger partial charge on any atom is 0.320 e. The summed E-state index contributed by atoms with van der Waals surface area (Å²) in [6.45, 7) is 4.71. The van der Waals surface area contributed by atoms with Crippen molar-refractivity contribution in [3.05, 3.63) is 47.3 Å². The van der Waals surface area contributed by atoms with E-state index in [1.807, 2.05) is 19.2 Å². The maximum atomic E-state index is 14.2. The number of carbonyl (C=O) groups is 2. The summed E-state index contributed by atoms with van der Waals surface area (Å²) in [5, 5.41) is 13.8. The number of anilines is 1. The summed E-state index contributed by atoms with van der Waals surface area (Å²) >= 11 is 0. The number of aromatic nitrogens is 1. The molecule has 3 amide bonds. The number of rotatable bonds is 5. The molecule has 5 heterocycles. The minimum Gasteiger partial charge on any atom is -0.504 e. The van der Waals surface area contributed by atoms with Crippen LogP contribution < -0.4 is 10.1 Å². The third-order valence-corrected chi connectivity index (χ3v) is 11.4. The lowest BCUT2D eigenvalue weighted by atomic mass is 9.42. The number of nitrogens with zero attached hydrogens (tertiary/aromatic N) is 4. The normalized spacial score (nSPS) is 32.6. The molecule has 1 aromatic heterocycles. The molecule has 2 aromatic rings. The summed E-state index contributed by atoms with van der Waals surface area (Å²) < 4.78 is 6.85. The molecule has 2 saturated carbocycles. The lowest BCUT2D eigenvalue weighted by Crippen LogP contribution is -2.73. The largest absolute Gasteiger partial charge is 0.504 e. The predicted molar refractivity (Wildman–Crippen MR) is 153 cm³/mol. The average molecular weight is 558 g/mol. The molecule has 3 saturated heterocycles. The van der Waals surface area contributed by atoms with E-state index in [0.29, 0.717) is 36.3 Å². The van der Waals surface area contributed by atoms with Crippen molar-refractivity contribution in [1.29, 1.82) is 0 Å². The van der Waals surface area contributed by atoms with Crippen LogP contribution in [0.4, 0.5) is 10.5 Å². The van der Waals surface area contributed by atoms with Gasteiger partial charge in [0.05, 0.1) is 24.0 Å². The first-order chi connectivity index (χ1) is 19.8. The molecule has 9 rings (SSSR count). The molecule has 41 heavy (non-hydrogen) atoms. The lowest BCUT2D eigenvalue weighted by molar-refractivity contribution is -0.129. The number of likely N-dealkylation sites (tertiary alicyclic amines) is 1. The van der Waals surface area contributed by atoms with E-state index in [-0.39, 0.29) is 40.7 Å². The summed E-state index contributed by atoms with van der Waals surface area (Å²) in [7, 11) is 1.82. The van der Waals surface area contributed by atoms with Crippen LogP contribution in [0.5, 0.6) is 11.5 Å². The van der Waals surface area contributed by atoms with Crippen molar-refractivity contribution in [2.24, 2.45) is 11.3 Å². The molecule has 5 atom stereocenters. The fourth-order valence-corrected chi connectivity index (χ4v) is 9.60. The third-order valence-electron chi connectivity index (χ3n) is 11.4. The first-order valence-corrected chi connectivity index (χ1v) is 15.3. The van der Waals surface area contributed by atoms with Crippen LogP contribution in [0.3, 0.4) is 0 Å². The fraction of sp³-hybridized carbons (Fsp3) is 0.594. The Morgan fingerprint density at radius 2 is 2.02 bits per heavy atom. The Labute approximate surface area is 240 Å². The number of phenols is 1. The van der Waals surface area contributed by atoms with E-state index in [0.717, 1.165) is 44.6 Å². The summed E-state index contributed by atoms with van der Waals surface area (Å²) in [6.07, 6.45) is 9.18. The molecule has 3 aliphatic carbocycles. The zero-order valence-electron chi connectivity index (χ0n) is 23.9. The second-order valence-electron chi connectivity index (χ2n) is 13.4. The van der Waals surface area contributed by atoms with E-state index in [1.54, 1.807) is 17.2 Å². The van der Waals surface area contributed by atoms with Crippen molar-refractivity contribution in [3.63, 3.8) is 0 Å². The van der Waals surface area contributed by atoms with E-state index >= 15 is 0 Å². The van der Waals surface area contributed by atoms with Crippen molar-refractivity contribution in [2.45, 2.75) is 82.0 Å². The van der Waals surface area contributed by atoms with E-state index in [4.69, 9.17) is 4.74 Å². The van der Waals surface area contributed by atoms with Crippen LogP contribution in [-0.2, 0) is 23.2 Å². The quantitative estimate of drug-likeness (QED) is 0.579. The Balaban J connectivity index is 1.16. The van der Waals surface area contributed by atoms with Gasteiger partial charge in [-0.25, -0.2) is 4.79 Å². The van der Waals surface area contributed by atoms with Gasteiger partial charge in [-0.2, -0.15) is 0 Å². The number of hydrogen-bond acceptors (Lipinski definition) is 6. The van der Waals surface area contributed by atoms with Crippen LogP contribution in [0.1, 0.15) is 62.3 Å². The molecule has 4 aliphatic heterocycles. The minimum atomic E-state index is -0.171. The summed E-state index contributed by atoms with van der Waals surface area (Å²) in [6, 6.07) is 7.90. The Bertz CT molecular complexity index is 1440. The zero-order valence-corrected chi connectivity index (χ0v) is 23.9. The van der Waals surface area contributed by atoms with Gasteiger partial charge in [0.2, 0.25) is 5.91 Å². The number of ether oxygens (including phenoxy) is 1. The monoisotopic (exact) mass is 557 g/mol. The minimum absolute atomic E-state index is 0.0283. The van der Waals surface area contributed by atoms with Crippen molar-refractivity contribution < 1.29 is 19.4 Å². The molecular formula is C32H39N5O4. The summed E-state index contributed by atoms with van der Waals surface area (Å²) in [5.41, 5.74) is 3.73.